The van der Waals surface area contributed by atoms with Crippen LogP contribution in [0.15, 0.2) is 35.9 Å². The van der Waals surface area contributed by atoms with E-state index < -0.39 is 57.6 Å². The fourth-order valence-corrected chi connectivity index (χ4v) is 16.7. The van der Waals surface area contributed by atoms with Gasteiger partial charge in [-0.05, 0) is 130 Å². The first kappa shape index (κ1) is 38.6. The summed E-state index contributed by atoms with van der Waals surface area (Å²) in [7, 11) is 0. The van der Waals surface area contributed by atoms with Crippen LogP contribution >= 0.6 is 0 Å². The molecule has 1 aliphatic heterocycles. The number of aliphatic hydroxyl groups excluding tert-OH is 2. The van der Waals surface area contributed by atoms with Gasteiger partial charge in [-0.2, -0.15) is 0 Å². The molecule has 1 heterocycles. The normalized spacial score (nSPS) is 49.1. The lowest BCUT2D eigenvalue weighted by Crippen LogP contribution is -2.80. The van der Waals surface area contributed by atoms with Gasteiger partial charge in [0.15, 0.2) is 0 Å². The molecule has 16 atom stereocenters. The number of ether oxygens (including phenoxy) is 1. The van der Waals surface area contributed by atoms with E-state index in [9.17, 15) is 35.1 Å². The number of nitrogens with one attached hydrogen (secondary N) is 1. The number of aliphatic hydroxyl groups is 5. The van der Waals surface area contributed by atoms with Crippen molar-refractivity contribution in [3.05, 3.63) is 47.0 Å². The molecule has 10 rings (SSSR count). The maximum atomic E-state index is 14.1. The van der Waals surface area contributed by atoms with Gasteiger partial charge in [0.05, 0.1) is 29.5 Å². The van der Waals surface area contributed by atoms with Crippen LogP contribution in [0.3, 0.4) is 0 Å². The molecule has 0 amide bonds. The second kappa shape index (κ2) is 13.7. The minimum absolute atomic E-state index is 0.0927. The van der Waals surface area contributed by atoms with E-state index in [1.165, 1.54) is 25.7 Å². The van der Waals surface area contributed by atoms with Crippen molar-refractivity contribution < 1.29 is 39.9 Å². The van der Waals surface area contributed by atoms with Crippen LogP contribution < -0.4 is 5.32 Å². The Balaban J connectivity index is 1.12. The molecule has 308 valence electrons. The third-order valence-corrected chi connectivity index (χ3v) is 19.0. The quantitative estimate of drug-likeness (QED) is 0.105. The maximum Gasteiger partial charge on any atom is 0.331 e. The molecule has 9 heteroatoms. The zero-order valence-electron chi connectivity index (χ0n) is 33.6. The van der Waals surface area contributed by atoms with Crippen molar-refractivity contribution in [2.45, 2.75) is 151 Å². The number of esters is 1. The van der Waals surface area contributed by atoms with Crippen LogP contribution in [0.5, 0.6) is 0 Å². The van der Waals surface area contributed by atoms with Gasteiger partial charge in [0.2, 0.25) is 0 Å². The van der Waals surface area contributed by atoms with E-state index in [2.05, 4.69) is 30.1 Å². The molecule has 7 fully saturated rings. The summed E-state index contributed by atoms with van der Waals surface area (Å²) in [6.07, 6.45) is 12.8. The molecule has 0 unspecified atom stereocenters. The minimum Gasteiger partial charge on any atom is -0.454 e. The van der Waals surface area contributed by atoms with E-state index in [1.54, 1.807) is 6.08 Å². The lowest BCUT2D eigenvalue weighted by atomic mass is 9.36. The van der Waals surface area contributed by atoms with E-state index in [1.807, 2.05) is 18.2 Å². The first-order chi connectivity index (χ1) is 27.4. The van der Waals surface area contributed by atoms with Gasteiger partial charge in [-0.25, -0.2) is 4.79 Å². The summed E-state index contributed by atoms with van der Waals surface area (Å²) in [4.78, 5) is 27.5. The Hall–Kier alpha value is -2.58. The molecule has 9 nitrogen and oxygen atoms in total. The van der Waals surface area contributed by atoms with Crippen LogP contribution in [-0.4, -0.2) is 79.6 Å². The summed E-state index contributed by atoms with van der Waals surface area (Å²) in [6, 6.07) is 7.84. The number of rotatable bonds is 5. The molecule has 6 N–H and O–H groups in total. The molecule has 7 saturated carbocycles. The van der Waals surface area contributed by atoms with Gasteiger partial charge in [-0.1, -0.05) is 62.6 Å². The van der Waals surface area contributed by atoms with Crippen molar-refractivity contribution in [3.8, 4) is 11.8 Å². The van der Waals surface area contributed by atoms with Crippen molar-refractivity contribution in [2.75, 3.05) is 6.73 Å². The van der Waals surface area contributed by atoms with Gasteiger partial charge in [0.25, 0.3) is 0 Å². The van der Waals surface area contributed by atoms with Crippen molar-refractivity contribution in [1.29, 1.82) is 0 Å². The Bertz CT molecular complexity index is 1880. The molecule has 1 aromatic rings. The van der Waals surface area contributed by atoms with Gasteiger partial charge in [-0.3, -0.25) is 5.32 Å². The number of aldehydes is 1. The predicted molar refractivity (Wildman–Crippen MR) is 212 cm³/mol. The zero-order chi connectivity index (χ0) is 39.5. The molecule has 4 bridgehead atoms. The third kappa shape index (κ3) is 5.16. The van der Waals surface area contributed by atoms with E-state index in [0.717, 1.165) is 29.4 Å². The maximum absolute atomic E-state index is 14.1. The van der Waals surface area contributed by atoms with Gasteiger partial charge < -0.3 is 35.1 Å². The summed E-state index contributed by atoms with van der Waals surface area (Å²) >= 11 is 0. The smallest absolute Gasteiger partial charge is 0.331 e. The first-order valence-electron chi connectivity index (χ1n) is 22.6. The molecule has 57 heavy (non-hydrogen) atoms. The largest absolute Gasteiger partial charge is 0.454 e. The summed E-state index contributed by atoms with van der Waals surface area (Å²) in [5.74, 6) is 5.71. The highest BCUT2D eigenvalue weighted by Crippen LogP contribution is 2.77. The monoisotopic (exact) mass is 781 g/mol. The Labute approximate surface area is 337 Å². The number of fused-ring (bicyclic) bond motifs is 7. The second-order valence-electron chi connectivity index (χ2n) is 20.6. The van der Waals surface area contributed by atoms with Crippen molar-refractivity contribution >= 4 is 12.3 Å². The zero-order valence-corrected chi connectivity index (χ0v) is 33.6. The number of hydrogen-bond acceptors (Lipinski definition) is 9. The number of benzene rings is 1. The van der Waals surface area contributed by atoms with E-state index >= 15 is 0 Å². The van der Waals surface area contributed by atoms with Crippen molar-refractivity contribution in [2.24, 2.45) is 64.1 Å². The second-order valence-corrected chi connectivity index (χ2v) is 20.6. The Kier molecular flexibility index (Phi) is 9.30. The molecule has 0 radical (unpaired) electrons. The molecule has 0 saturated heterocycles. The fraction of sp³-hybridized carbons (Fsp3) is 0.750. The molecular weight excluding hydrogens is 719 g/mol. The van der Waals surface area contributed by atoms with Crippen LogP contribution in [0.2, 0.25) is 0 Å². The van der Waals surface area contributed by atoms with Crippen LogP contribution in [0.4, 0.5) is 0 Å². The lowest BCUT2D eigenvalue weighted by molar-refractivity contribution is -0.343. The number of hydrogen-bond donors (Lipinski definition) is 6. The predicted octanol–water partition coefficient (Wildman–Crippen LogP) is 4.98. The lowest BCUT2D eigenvalue weighted by Gasteiger charge is -2.72. The Morgan fingerprint density at radius 3 is 2.58 bits per heavy atom. The van der Waals surface area contributed by atoms with Gasteiger partial charge in [-0.15, -0.1) is 0 Å². The summed E-state index contributed by atoms with van der Waals surface area (Å²) in [5.41, 5.74) is -4.13. The first-order valence-corrected chi connectivity index (χ1v) is 22.6. The number of carbonyl (C=O) groups excluding carboxylic acids is 2. The molecule has 0 aromatic heterocycles. The number of carbonyl (C=O) groups is 2. The molecule has 8 aliphatic carbocycles. The highest BCUT2D eigenvalue weighted by atomic mass is 16.5. The summed E-state index contributed by atoms with van der Waals surface area (Å²) in [5, 5.41) is 66.9. The average Bonchev–Trinajstić information content (AvgIpc) is 3.90. The van der Waals surface area contributed by atoms with Crippen molar-refractivity contribution in [1.82, 2.24) is 5.32 Å². The molecular formula is C48H63NO8. The highest BCUT2D eigenvalue weighted by Gasteiger charge is 2.82. The van der Waals surface area contributed by atoms with Gasteiger partial charge in [0.1, 0.15) is 18.0 Å². The topological polar surface area (TPSA) is 157 Å². The standard InChI is InChI=1S/C48H63NO8/c1-28(29-8-2-3-9-29)31-13-14-37-39(52)15-18-45(26-50)40-16-19-44-17-7-6-11-30-10-4-5-12-32(30)22-38(49-27-51)35-21-33(42(44)36-23-41(53)57-43(35)36)24-47(44,55)46(40,54)25-34(20-31)48(37,45)56/h4-5,10,12,23,26,28-29,31,33-35,37-40,42-43,49,51-52,54-56H,2-3,7-9,13-22,24-25,27H2,1H3/t28-,31+,33+,34+,35-,37+,38+,39+,40-,42-,43-,44-,45+,46+,47-,48+/m1/s1. The van der Waals surface area contributed by atoms with Gasteiger partial charge >= 0.3 is 5.97 Å². The van der Waals surface area contributed by atoms with Crippen LogP contribution in [-0.2, 0) is 20.7 Å². The Morgan fingerprint density at radius 2 is 1.79 bits per heavy atom. The third-order valence-electron chi connectivity index (χ3n) is 19.0. The summed E-state index contributed by atoms with van der Waals surface area (Å²) < 4.78 is 6.20. The van der Waals surface area contributed by atoms with Gasteiger partial charge in [0, 0.05) is 47.3 Å². The van der Waals surface area contributed by atoms with E-state index in [0.29, 0.717) is 76.0 Å². The average molecular weight is 782 g/mol. The van der Waals surface area contributed by atoms with Crippen molar-refractivity contribution in [3.63, 3.8) is 0 Å². The van der Waals surface area contributed by atoms with Crippen LogP contribution in [0.1, 0.15) is 121 Å². The highest BCUT2D eigenvalue weighted by molar-refractivity contribution is 5.86. The van der Waals surface area contributed by atoms with Crippen LogP contribution in [0, 0.1) is 75.9 Å². The summed E-state index contributed by atoms with van der Waals surface area (Å²) in [6.45, 7) is 2.12. The fourth-order valence-electron chi connectivity index (χ4n) is 16.7. The molecule has 9 aliphatic rings. The van der Waals surface area contributed by atoms with Crippen LogP contribution in [0.25, 0.3) is 0 Å². The van der Waals surface area contributed by atoms with E-state index in [-0.39, 0.29) is 55.3 Å². The minimum atomic E-state index is -1.70. The Morgan fingerprint density at radius 1 is 0.982 bits per heavy atom. The SMILES string of the molecule is C[C@H](C1CCCC1)[C@H]1CC[C@H]2[C@@H](O)CC[C@]3(C=O)[C@H]4CC[C@@]56CCC#Cc7ccccc7C[C@H](NCO)[C@H]7C[C@@H](C[C@]5(O)[C@]4(O)C[C@H](C1)[C@]23O)[C@@H]6C1=CC(=O)O[C@@H]17. The van der Waals surface area contributed by atoms with E-state index in [4.69, 9.17) is 4.74 Å². The molecule has 1 spiro atoms. The molecule has 1 aromatic carbocycles.